The number of ether oxygens (including phenoxy) is 1. The highest BCUT2D eigenvalue weighted by Crippen LogP contribution is 2.32. The fourth-order valence-electron chi connectivity index (χ4n) is 2.34. The van der Waals surface area contributed by atoms with Crippen molar-refractivity contribution in [3.8, 4) is 34.7 Å². The van der Waals surface area contributed by atoms with E-state index in [9.17, 15) is 17.6 Å². The van der Waals surface area contributed by atoms with Gasteiger partial charge in [-0.3, -0.25) is 0 Å². The number of pyridine rings is 1. The van der Waals surface area contributed by atoms with Gasteiger partial charge in [0.05, 0.1) is 16.7 Å². The summed E-state index contributed by atoms with van der Waals surface area (Å²) in [6, 6.07) is 6.33. The maximum absolute atomic E-state index is 14.0. The molecule has 3 rings (SSSR count). The first kappa shape index (κ1) is 17.3. The van der Waals surface area contributed by atoms with Crippen LogP contribution in [-0.2, 0) is 7.05 Å². The molecule has 1 aromatic carbocycles. The SMILES string of the molecule is Cn1c(-c2cc(C#N)cnc2OC(F)F)nnc1-c1c(F)cccc1F. The van der Waals surface area contributed by atoms with Gasteiger partial charge in [0.15, 0.2) is 11.6 Å². The van der Waals surface area contributed by atoms with Gasteiger partial charge in [-0.05, 0) is 18.2 Å². The van der Waals surface area contributed by atoms with Crippen molar-refractivity contribution in [3.63, 3.8) is 0 Å². The topological polar surface area (TPSA) is 76.6 Å². The normalized spacial score (nSPS) is 10.8. The fourth-order valence-corrected chi connectivity index (χ4v) is 2.34. The van der Waals surface area contributed by atoms with E-state index in [1.54, 1.807) is 0 Å². The Balaban J connectivity index is 2.18. The Bertz CT molecular complexity index is 992. The lowest BCUT2D eigenvalue weighted by atomic mass is 10.1. The van der Waals surface area contributed by atoms with E-state index in [1.165, 1.54) is 23.7 Å². The molecule has 0 amide bonds. The number of halogens is 4. The minimum absolute atomic E-state index is 0.0529. The molecule has 132 valence electrons. The van der Waals surface area contributed by atoms with Gasteiger partial charge < -0.3 is 9.30 Å². The molecule has 26 heavy (non-hydrogen) atoms. The zero-order valence-electron chi connectivity index (χ0n) is 13.1. The van der Waals surface area contributed by atoms with Crippen molar-refractivity contribution < 1.29 is 22.3 Å². The van der Waals surface area contributed by atoms with Crippen molar-refractivity contribution in [3.05, 3.63) is 47.7 Å². The van der Waals surface area contributed by atoms with Crippen molar-refractivity contribution in [2.45, 2.75) is 6.61 Å². The van der Waals surface area contributed by atoms with Crippen molar-refractivity contribution in [2.75, 3.05) is 0 Å². The summed E-state index contributed by atoms with van der Waals surface area (Å²) in [6.07, 6.45) is 1.05. The van der Waals surface area contributed by atoms with Crippen molar-refractivity contribution >= 4 is 0 Å². The third kappa shape index (κ3) is 3.06. The molecule has 10 heteroatoms. The van der Waals surface area contributed by atoms with Gasteiger partial charge in [-0.25, -0.2) is 13.8 Å². The molecule has 0 saturated carbocycles. The van der Waals surface area contributed by atoms with Crippen LogP contribution in [0.5, 0.6) is 5.88 Å². The van der Waals surface area contributed by atoms with E-state index in [0.717, 1.165) is 18.3 Å². The standard InChI is InChI=1S/C16H9F4N5O/c1-25-13(9-5-8(6-21)7-22-15(9)26-16(19)20)23-24-14(25)12-10(17)3-2-4-11(12)18/h2-5,7,16H,1H3. The van der Waals surface area contributed by atoms with Crippen LogP contribution >= 0.6 is 0 Å². The molecule has 0 atom stereocenters. The van der Waals surface area contributed by atoms with Gasteiger partial charge in [-0.2, -0.15) is 14.0 Å². The largest absolute Gasteiger partial charge is 0.416 e. The lowest BCUT2D eigenvalue weighted by Gasteiger charge is -2.10. The lowest BCUT2D eigenvalue weighted by Crippen LogP contribution is -2.07. The number of hydrogen-bond donors (Lipinski definition) is 0. The van der Waals surface area contributed by atoms with Crippen molar-refractivity contribution in [1.29, 1.82) is 5.26 Å². The van der Waals surface area contributed by atoms with Crippen LogP contribution in [0.15, 0.2) is 30.5 Å². The summed E-state index contributed by atoms with van der Waals surface area (Å²) in [7, 11) is 1.39. The number of nitrogens with zero attached hydrogens (tertiary/aromatic N) is 5. The van der Waals surface area contributed by atoms with Gasteiger partial charge in [0.25, 0.3) is 0 Å². The number of nitriles is 1. The predicted molar refractivity (Wildman–Crippen MR) is 80.9 cm³/mol. The van der Waals surface area contributed by atoms with E-state index in [4.69, 9.17) is 5.26 Å². The first-order valence-corrected chi connectivity index (χ1v) is 7.11. The summed E-state index contributed by atoms with van der Waals surface area (Å²) in [6.45, 7) is -3.16. The second-order valence-corrected chi connectivity index (χ2v) is 5.07. The zero-order valence-corrected chi connectivity index (χ0v) is 13.1. The van der Waals surface area contributed by atoms with Gasteiger partial charge in [0.2, 0.25) is 5.88 Å². The average Bonchev–Trinajstić information content (AvgIpc) is 2.96. The first-order valence-electron chi connectivity index (χ1n) is 7.11. The lowest BCUT2D eigenvalue weighted by molar-refractivity contribution is -0.0524. The van der Waals surface area contributed by atoms with Gasteiger partial charge in [-0.15, -0.1) is 10.2 Å². The number of rotatable bonds is 4. The van der Waals surface area contributed by atoms with Crippen LogP contribution in [-0.4, -0.2) is 26.4 Å². The fraction of sp³-hybridized carbons (Fsp3) is 0.125. The van der Waals surface area contributed by atoms with Crippen LogP contribution in [0.1, 0.15) is 5.56 Å². The molecule has 2 aromatic heterocycles. The quantitative estimate of drug-likeness (QED) is 0.665. The van der Waals surface area contributed by atoms with E-state index in [0.29, 0.717) is 0 Å². The molecule has 0 aliphatic heterocycles. The van der Waals surface area contributed by atoms with E-state index >= 15 is 0 Å². The molecule has 3 aromatic rings. The Kier molecular flexibility index (Phi) is 4.53. The van der Waals surface area contributed by atoms with E-state index in [1.807, 2.05) is 6.07 Å². The summed E-state index contributed by atoms with van der Waals surface area (Å²) in [5, 5.41) is 16.5. The molecule has 0 unspecified atom stereocenters. The third-order valence-electron chi connectivity index (χ3n) is 3.48. The Morgan fingerprint density at radius 1 is 1.15 bits per heavy atom. The highest BCUT2D eigenvalue weighted by Gasteiger charge is 2.23. The second kappa shape index (κ2) is 6.79. The van der Waals surface area contributed by atoms with Crippen molar-refractivity contribution in [1.82, 2.24) is 19.7 Å². The highest BCUT2D eigenvalue weighted by atomic mass is 19.3. The smallest absolute Gasteiger partial charge is 0.388 e. The van der Waals surface area contributed by atoms with Crippen LogP contribution in [0.3, 0.4) is 0 Å². The molecule has 0 aliphatic rings. The monoisotopic (exact) mass is 363 g/mol. The Morgan fingerprint density at radius 2 is 1.81 bits per heavy atom. The van der Waals surface area contributed by atoms with Crippen LogP contribution in [0.25, 0.3) is 22.8 Å². The van der Waals surface area contributed by atoms with E-state index in [-0.39, 0.29) is 22.8 Å². The number of alkyl halides is 2. The number of benzene rings is 1. The van der Waals surface area contributed by atoms with Gasteiger partial charge in [0.1, 0.15) is 17.7 Å². The highest BCUT2D eigenvalue weighted by molar-refractivity contribution is 5.67. The molecule has 2 heterocycles. The third-order valence-corrected chi connectivity index (χ3v) is 3.48. The van der Waals surface area contributed by atoms with Gasteiger partial charge in [0, 0.05) is 13.2 Å². The van der Waals surface area contributed by atoms with E-state index < -0.39 is 29.7 Å². The average molecular weight is 363 g/mol. The predicted octanol–water partition coefficient (Wildman–Crippen LogP) is 3.30. The number of aromatic nitrogens is 4. The minimum Gasteiger partial charge on any atom is -0.416 e. The molecular weight excluding hydrogens is 354 g/mol. The molecule has 0 radical (unpaired) electrons. The number of hydrogen-bond acceptors (Lipinski definition) is 5. The molecule has 0 N–H and O–H groups in total. The maximum atomic E-state index is 14.0. The van der Waals surface area contributed by atoms with Crippen molar-refractivity contribution in [2.24, 2.45) is 7.05 Å². The molecule has 0 bridgehead atoms. The van der Waals surface area contributed by atoms with Crippen LogP contribution < -0.4 is 4.74 Å². The molecule has 0 spiro atoms. The summed E-state index contributed by atoms with van der Waals surface area (Å²) >= 11 is 0. The Labute approximate surface area is 144 Å². The molecule has 0 fully saturated rings. The molecule has 6 nitrogen and oxygen atoms in total. The van der Waals surface area contributed by atoms with Gasteiger partial charge in [-0.1, -0.05) is 6.07 Å². The second-order valence-electron chi connectivity index (χ2n) is 5.07. The maximum Gasteiger partial charge on any atom is 0.388 e. The summed E-state index contributed by atoms with van der Waals surface area (Å²) in [5.74, 6) is -2.43. The zero-order chi connectivity index (χ0) is 18.8. The minimum atomic E-state index is -3.16. The molecular formula is C16H9F4N5O. The Morgan fingerprint density at radius 3 is 2.42 bits per heavy atom. The Hall–Kier alpha value is -3.48. The summed E-state index contributed by atoms with van der Waals surface area (Å²) in [5.41, 5.74) is -0.430. The van der Waals surface area contributed by atoms with Crippen LogP contribution in [0.2, 0.25) is 0 Å². The van der Waals surface area contributed by atoms with E-state index in [2.05, 4.69) is 19.9 Å². The summed E-state index contributed by atoms with van der Waals surface area (Å²) in [4.78, 5) is 3.67. The first-order chi connectivity index (χ1) is 12.4. The van der Waals surface area contributed by atoms with Crippen LogP contribution in [0.4, 0.5) is 17.6 Å². The van der Waals surface area contributed by atoms with Gasteiger partial charge >= 0.3 is 6.61 Å². The van der Waals surface area contributed by atoms with Crippen LogP contribution in [0, 0.1) is 23.0 Å². The molecule has 0 aliphatic carbocycles. The molecule has 0 saturated heterocycles. The summed E-state index contributed by atoms with van der Waals surface area (Å²) < 4.78 is 58.7.